The lowest BCUT2D eigenvalue weighted by atomic mass is 10.1. The van der Waals surface area contributed by atoms with E-state index in [9.17, 15) is 9.59 Å². The molecule has 2 aromatic rings. The van der Waals surface area contributed by atoms with E-state index in [1.807, 2.05) is 39.0 Å². The largest absolute Gasteiger partial charge is 0.497 e. The molecule has 194 valence electrons. The van der Waals surface area contributed by atoms with Gasteiger partial charge in [0.1, 0.15) is 11.5 Å². The fourth-order valence-electron chi connectivity index (χ4n) is 3.25. The average Bonchev–Trinajstić information content (AvgIpc) is 3.08. The number of carbonyl (C=O) groups is 2. The zero-order valence-electron chi connectivity index (χ0n) is 21.9. The highest BCUT2D eigenvalue weighted by Gasteiger charge is 2.31. The summed E-state index contributed by atoms with van der Waals surface area (Å²) >= 11 is 0. The quantitative estimate of drug-likeness (QED) is 0.437. The van der Waals surface area contributed by atoms with Crippen LogP contribution in [0.5, 0.6) is 0 Å². The van der Waals surface area contributed by atoms with Gasteiger partial charge in [-0.15, -0.1) is 0 Å². The van der Waals surface area contributed by atoms with Crippen LogP contribution in [0.1, 0.15) is 62.9 Å². The minimum Gasteiger partial charge on any atom is -0.497 e. The highest BCUT2D eigenvalue weighted by molar-refractivity contribution is 5.93. The zero-order chi connectivity index (χ0) is 26.7. The molecular weight excluding hydrogens is 460 g/mol. The Kier molecular flexibility index (Phi) is 10.5. The van der Waals surface area contributed by atoms with Crippen LogP contribution in [0.2, 0.25) is 0 Å². The number of allylic oxidation sites excluding steroid dienone is 4. The van der Waals surface area contributed by atoms with Crippen LogP contribution in [0, 0.1) is 6.92 Å². The number of oxazole rings is 1. The Morgan fingerprint density at radius 2 is 1.83 bits per heavy atom. The number of benzene rings is 1. The van der Waals surface area contributed by atoms with Gasteiger partial charge in [0.2, 0.25) is 11.8 Å². The lowest BCUT2D eigenvalue weighted by Crippen LogP contribution is -2.36. The Balaban J connectivity index is 0.00000222. The molecule has 0 fully saturated rings. The van der Waals surface area contributed by atoms with Crippen LogP contribution in [-0.2, 0) is 25.4 Å². The molecule has 0 saturated heterocycles. The van der Waals surface area contributed by atoms with Crippen molar-refractivity contribution in [2.75, 3.05) is 13.2 Å². The SMILES string of the molecule is CC.CCOC(=O)C(C)(C)OC1=CC=C(OCCc2nc(-c3ccc(C(N)=O)cc3)oc2C)CC=C1. The molecule has 1 amide bonds. The topological polar surface area (TPSA) is 114 Å². The van der Waals surface area contributed by atoms with Gasteiger partial charge in [-0.3, -0.25) is 4.79 Å². The normalized spacial score (nSPS) is 12.9. The van der Waals surface area contributed by atoms with E-state index < -0.39 is 17.5 Å². The van der Waals surface area contributed by atoms with Gasteiger partial charge in [-0.2, -0.15) is 0 Å². The molecule has 3 rings (SSSR count). The van der Waals surface area contributed by atoms with Gasteiger partial charge in [-0.05, 0) is 70.2 Å². The maximum absolute atomic E-state index is 12.1. The number of rotatable bonds is 10. The second-order valence-electron chi connectivity index (χ2n) is 8.20. The summed E-state index contributed by atoms with van der Waals surface area (Å²) in [6, 6.07) is 6.80. The first-order valence-corrected chi connectivity index (χ1v) is 12.1. The summed E-state index contributed by atoms with van der Waals surface area (Å²) < 4.78 is 22.6. The van der Waals surface area contributed by atoms with Gasteiger partial charge in [0, 0.05) is 24.0 Å². The molecular formula is C28H36N2O6. The number of carbonyl (C=O) groups excluding carboxylic acids is 2. The fraction of sp³-hybridized carbons (Fsp3) is 0.393. The van der Waals surface area contributed by atoms with Crippen molar-refractivity contribution in [3.8, 4) is 11.5 Å². The molecule has 0 spiro atoms. The molecule has 1 aromatic heterocycles. The lowest BCUT2D eigenvalue weighted by Gasteiger charge is -2.24. The Labute approximate surface area is 212 Å². The number of primary amides is 1. The van der Waals surface area contributed by atoms with Crippen molar-refractivity contribution in [2.24, 2.45) is 5.73 Å². The molecule has 0 aliphatic heterocycles. The average molecular weight is 497 g/mol. The molecule has 1 heterocycles. The van der Waals surface area contributed by atoms with Crippen molar-refractivity contribution < 1.29 is 28.2 Å². The predicted octanol–water partition coefficient (Wildman–Crippen LogP) is 5.42. The molecule has 1 aliphatic carbocycles. The third-order valence-electron chi connectivity index (χ3n) is 5.11. The summed E-state index contributed by atoms with van der Waals surface area (Å²) in [5.41, 5.74) is 6.19. The van der Waals surface area contributed by atoms with Crippen LogP contribution in [-0.4, -0.2) is 35.7 Å². The summed E-state index contributed by atoms with van der Waals surface area (Å²) in [6.45, 7) is 11.7. The number of hydrogen-bond acceptors (Lipinski definition) is 7. The summed E-state index contributed by atoms with van der Waals surface area (Å²) in [6.07, 6.45) is 8.50. The summed E-state index contributed by atoms with van der Waals surface area (Å²) in [5.74, 6) is 1.62. The van der Waals surface area contributed by atoms with E-state index in [4.69, 9.17) is 24.4 Å². The van der Waals surface area contributed by atoms with Crippen molar-refractivity contribution in [3.05, 3.63) is 77.1 Å². The van der Waals surface area contributed by atoms with Gasteiger partial charge >= 0.3 is 5.97 Å². The van der Waals surface area contributed by atoms with Gasteiger partial charge in [-0.25, -0.2) is 9.78 Å². The van der Waals surface area contributed by atoms with Crippen molar-refractivity contribution >= 4 is 11.9 Å². The third kappa shape index (κ3) is 7.86. The minimum atomic E-state index is -1.09. The van der Waals surface area contributed by atoms with E-state index >= 15 is 0 Å². The number of aryl methyl sites for hydroxylation is 1. The van der Waals surface area contributed by atoms with Gasteiger partial charge in [0.05, 0.1) is 24.7 Å². The number of nitrogens with zero attached hydrogens (tertiary/aromatic N) is 1. The van der Waals surface area contributed by atoms with Crippen molar-refractivity contribution in [1.29, 1.82) is 0 Å². The number of amides is 1. The predicted molar refractivity (Wildman–Crippen MR) is 138 cm³/mol. The highest BCUT2D eigenvalue weighted by atomic mass is 16.6. The summed E-state index contributed by atoms with van der Waals surface area (Å²) in [4.78, 5) is 27.9. The van der Waals surface area contributed by atoms with Crippen molar-refractivity contribution in [1.82, 2.24) is 4.98 Å². The minimum absolute atomic E-state index is 0.298. The number of aromatic nitrogens is 1. The Morgan fingerprint density at radius 1 is 1.14 bits per heavy atom. The monoisotopic (exact) mass is 496 g/mol. The smallest absolute Gasteiger partial charge is 0.349 e. The molecule has 0 radical (unpaired) electrons. The Bertz CT molecular complexity index is 1120. The van der Waals surface area contributed by atoms with Gasteiger partial charge in [0.15, 0.2) is 5.60 Å². The van der Waals surface area contributed by atoms with E-state index in [1.54, 1.807) is 51.1 Å². The van der Waals surface area contributed by atoms with E-state index in [2.05, 4.69) is 4.98 Å². The van der Waals surface area contributed by atoms with Crippen LogP contribution >= 0.6 is 0 Å². The summed E-state index contributed by atoms with van der Waals surface area (Å²) in [7, 11) is 0. The number of hydrogen-bond donors (Lipinski definition) is 1. The molecule has 0 bridgehead atoms. The number of esters is 1. The first-order chi connectivity index (χ1) is 17.2. The van der Waals surface area contributed by atoms with E-state index in [-0.39, 0.29) is 0 Å². The Hall–Kier alpha value is -3.81. The molecule has 1 aliphatic rings. The number of ether oxygens (including phenoxy) is 3. The maximum Gasteiger partial charge on any atom is 0.349 e. The molecule has 36 heavy (non-hydrogen) atoms. The maximum atomic E-state index is 12.1. The van der Waals surface area contributed by atoms with Crippen LogP contribution in [0.25, 0.3) is 11.5 Å². The molecule has 1 aromatic carbocycles. The van der Waals surface area contributed by atoms with Gasteiger partial charge in [0.25, 0.3) is 0 Å². The molecule has 8 nitrogen and oxygen atoms in total. The molecule has 2 N–H and O–H groups in total. The number of nitrogens with two attached hydrogens (primary N) is 1. The van der Waals surface area contributed by atoms with E-state index in [0.717, 1.165) is 17.0 Å². The Morgan fingerprint density at radius 3 is 2.47 bits per heavy atom. The van der Waals surface area contributed by atoms with E-state index in [1.165, 1.54) is 0 Å². The zero-order valence-corrected chi connectivity index (χ0v) is 21.9. The molecule has 0 atom stereocenters. The summed E-state index contributed by atoms with van der Waals surface area (Å²) in [5, 5.41) is 0. The molecule has 8 heteroatoms. The third-order valence-corrected chi connectivity index (χ3v) is 5.11. The molecule has 0 unspecified atom stereocenters. The van der Waals surface area contributed by atoms with Crippen LogP contribution < -0.4 is 5.73 Å². The van der Waals surface area contributed by atoms with Crippen LogP contribution in [0.4, 0.5) is 0 Å². The van der Waals surface area contributed by atoms with Gasteiger partial charge in [-0.1, -0.05) is 19.9 Å². The van der Waals surface area contributed by atoms with Gasteiger partial charge < -0.3 is 24.4 Å². The van der Waals surface area contributed by atoms with Crippen molar-refractivity contribution in [3.63, 3.8) is 0 Å². The lowest BCUT2D eigenvalue weighted by molar-refractivity contribution is -0.162. The van der Waals surface area contributed by atoms with Crippen LogP contribution in [0.3, 0.4) is 0 Å². The van der Waals surface area contributed by atoms with Crippen LogP contribution in [0.15, 0.2) is 64.5 Å². The molecule has 0 saturated carbocycles. The standard InChI is InChI=1S/C26H30N2O6.C2H6/c1-5-31-25(30)26(3,4)34-21-8-6-7-20(13-14-21)32-16-15-22-17(2)33-24(28-22)19-11-9-18(10-12-19)23(27)29;1-2/h6,8-14H,5,7,15-16H2,1-4H3,(H2,27,29);1-2H3. The van der Waals surface area contributed by atoms with Crippen molar-refractivity contribution in [2.45, 2.75) is 60.0 Å². The fourth-order valence-corrected chi connectivity index (χ4v) is 3.25. The second kappa shape index (κ2) is 13.3. The second-order valence-corrected chi connectivity index (χ2v) is 8.20. The highest BCUT2D eigenvalue weighted by Crippen LogP contribution is 2.24. The van der Waals surface area contributed by atoms with E-state index in [0.29, 0.717) is 49.0 Å². The first kappa shape index (κ1) is 28.4. The first-order valence-electron chi connectivity index (χ1n) is 12.1.